The first-order chi connectivity index (χ1) is 14.3. The minimum atomic E-state index is -4.39. The highest BCUT2D eigenvalue weighted by atomic mass is 32.1. The van der Waals surface area contributed by atoms with Gasteiger partial charge in [-0.1, -0.05) is 11.3 Å². The summed E-state index contributed by atoms with van der Waals surface area (Å²) < 4.78 is 43.0. The van der Waals surface area contributed by atoms with E-state index >= 15 is 0 Å². The second-order valence-electron chi connectivity index (χ2n) is 6.73. The monoisotopic (exact) mass is 435 g/mol. The molecule has 2 aromatic heterocycles. The second kappa shape index (κ2) is 7.94. The van der Waals surface area contributed by atoms with Gasteiger partial charge in [0, 0.05) is 18.8 Å². The maximum atomic E-state index is 12.7. The number of hydrogen-bond donors (Lipinski definition) is 1. The number of nitrogens with zero attached hydrogens (tertiary/aromatic N) is 2. The van der Waals surface area contributed by atoms with Crippen molar-refractivity contribution in [3.8, 4) is 16.2 Å². The molecule has 6 nitrogen and oxygen atoms in total. The molecule has 0 fully saturated rings. The van der Waals surface area contributed by atoms with Crippen molar-refractivity contribution in [3.05, 3.63) is 54.5 Å². The standard InChI is InChI=1S/C20H16F3N3O3S/c21-20(22,23)11-29-13-5-3-12(4-6-13)17-10-24-19(30-17)25-18(28)15-7-8-16(27)14-2-1-9-26(14)15/h1-6,9-10,15H,7-8,11H2,(H,24,25,28). The van der Waals surface area contributed by atoms with Gasteiger partial charge < -0.3 is 14.6 Å². The number of fused-ring (bicyclic) bond motifs is 1. The number of anilines is 1. The number of ether oxygens (including phenoxy) is 1. The molecule has 0 aliphatic carbocycles. The van der Waals surface area contributed by atoms with Crippen molar-refractivity contribution in [1.82, 2.24) is 9.55 Å². The lowest BCUT2D eigenvalue weighted by atomic mass is 10.0. The van der Waals surface area contributed by atoms with Crippen molar-refractivity contribution < 1.29 is 27.5 Å². The zero-order valence-corrected chi connectivity index (χ0v) is 16.3. The van der Waals surface area contributed by atoms with E-state index < -0.39 is 18.8 Å². The maximum Gasteiger partial charge on any atom is 0.422 e. The molecule has 0 spiro atoms. The van der Waals surface area contributed by atoms with Gasteiger partial charge in [-0.3, -0.25) is 9.59 Å². The summed E-state index contributed by atoms with van der Waals surface area (Å²) >= 11 is 1.25. The van der Waals surface area contributed by atoms with Gasteiger partial charge >= 0.3 is 6.18 Å². The second-order valence-corrected chi connectivity index (χ2v) is 7.76. The zero-order valence-electron chi connectivity index (χ0n) is 15.5. The van der Waals surface area contributed by atoms with E-state index in [0.717, 1.165) is 10.4 Å². The minimum absolute atomic E-state index is 0.0169. The molecule has 0 saturated carbocycles. The van der Waals surface area contributed by atoms with E-state index in [0.29, 0.717) is 23.7 Å². The SMILES string of the molecule is O=C1CCC(C(=O)Nc2ncc(-c3ccc(OCC(F)(F)F)cc3)s2)n2cccc21. The van der Waals surface area contributed by atoms with Crippen LogP contribution in [-0.4, -0.2) is 34.0 Å². The molecular weight excluding hydrogens is 419 g/mol. The van der Waals surface area contributed by atoms with Gasteiger partial charge in [0.25, 0.3) is 0 Å². The van der Waals surface area contributed by atoms with Gasteiger partial charge in [-0.2, -0.15) is 13.2 Å². The largest absolute Gasteiger partial charge is 0.484 e. The Labute approximate surface area is 173 Å². The van der Waals surface area contributed by atoms with Crippen molar-refractivity contribution >= 4 is 28.2 Å². The highest BCUT2D eigenvalue weighted by Gasteiger charge is 2.30. The number of benzene rings is 1. The first-order valence-electron chi connectivity index (χ1n) is 9.07. The third-order valence-corrected chi connectivity index (χ3v) is 5.59. The number of thiazole rings is 1. The van der Waals surface area contributed by atoms with Gasteiger partial charge in [-0.05, 0) is 48.4 Å². The number of ketones is 1. The van der Waals surface area contributed by atoms with Crippen LogP contribution < -0.4 is 10.1 Å². The van der Waals surface area contributed by atoms with Crippen LogP contribution >= 0.6 is 11.3 Å². The van der Waals surface area contributed by atoms with Crippen molar-refractivity contribution in [2.45, 2.75) is 25.1 Å². The summed E-state index contributed by atoms with van der Waals surface area (Å²) in [6.45, 7) is -1.35. The van der Waals surface area contributed by atoms with Crippen LogP contribution in [0.1, 0.15) is 29.4 Å². The number of halogens is 3. The van der Waals surface area contributed by atoms with Crippen LogP contribution in [-0.2, 0) is 4.79 Å². The number of alkyl halides is 3. The Morgan fingerprint density at radius 3 is 2.77 bits per heavy atom. The Bertz CT molecular complexity index is 1070. The third kappa shape index (κ3) is 4.38. The van der Waals surface area contributed by atoms with Crippen LogP contribution in [0.2, 0.25) is 0 Å². The first kappa shape index (κ1) is 20.1. The van der Waals surface area contributed by atoms with Crippen molar-refractivity contribution in [1.29, 1.82) is 0 Å². The van der Waals surface area contributed by atoms with Gasteiger partial charge in [0.1, 0.15) is 11.8 Å². The van der Waals surface area contributed by atoms with Crippen molar-refractivity contribution in [2.75, 3.05) is 11.9 Å². The Morgan fingerprint density at radius 1 is 1.27 bits per heavy atom. The van der Waals surface area contributed by atoms with E-state index in [1.165, 1.54) is 23.5 Å². The fraction of sp³-hybridized carbons (Fsp3) is 0.250. The molecule has 1 aliphatic rings. The first-order valence-corrected chi connectivity index (χ1v) is 9.88. The molecule has 3 heterocycles. The molecule has 156 valence electrons. The highest BCUT2D eigenvalue weighted by molar-refractivity contribution is 7.19. The fourth-order valence-electron chi connectivity index (χ4n) is 3.23. The normalized spacial score (nSPS) is 16.2. The molecule has 0 saturated heterocycles. The average molecular weight is 435 g/mol. The molecule has 30 heavy (non-hydrogen) atoms. The Kier molecular flexibility index (Phi) is 5.33. The maximum absolute atomic E-state index is 12.7. The Balaban J connectivity index is 1.42. The fourth-order valence-corrected chi connectivity index (χ4v) is 4.05. The van der Waals surface area contributed by atoms with Gasteiger partial charge in [0.15, 0.2) is 17.5 Å². The van der Waals surface area contributed by atoms with E-state index in [1.54, 1.807) is 41.2 Å². The van der Waals surface area contributed by atoms with Crippen LogP contribution in [0.5, 0.6) is 5.75 Å². The van der Waals surface area contributed by atoms with Gasteiger partial charge in [-0.15, -0.1) is 0 Å². The molecule has 4 rings (SSSR count). The Hall–Kier alpha value is -3.14. The minimum Gasteiger partial charge on any atom is -0.484 e. The summed E-state index contributed by atoms with van der Waals surface area (Å²) in [5, 5.41) is 3.18. The highest BCUT2D eigenvalue weighted by Crippen LogP contribution is 2.32. The number of amides is 1. The molecule has 1 amide bonds. The predicted molar refractivity (Wildman–Crippen MR) is 105 cm³/mol. The molecule has 1 unspecified atom stereocenters. The number of aromatic nitrogens is 2. The van der Waals surface area contributed by atoms with Crippen molar-refractivity contribution in [3.63, 3.8) is 0 Å². The molecule has 10 heteroatoms. The molecule has 0 radical (unpaired) electrons. The number of carbonyl (C=O) groups excluding carboxylic acids is 2. The van der Waals surface area contributed by atoms with Crippen LogP contribution in [0.25, 0.3) is 10.4 Å². The predicted octanol–water partition coefficient (Wildman–Crippen LogP) is 4.71. The average Bonchev–Trinajstić information content (AvgIpc) is 3.37. The number of Topliss-reactive ketones (excluding diaryl/α,β-unsaturated/α-hetero) is 1. The lowest BCUT2D eigenvalue weighted by Crippen LogP contribution is -2.31. The van der Waals surface area contributed by atoms with Gasteiger partial charge in [0.05, 0.1) is 10.6 Å². The number of rotatable bonds is 5. The quantitative estimate of drug-likeness (QED) is 0.630. The summed E-state index contributed by atoms with van der Waals surface area (Å²) in [4.78, 5) is 29.6. The molecule has 1 aromatic carbocycles. The number of nitrogens with one attached hydrogen (secondary N) is 1. The molecule has 1 aliphatic heterocycles. The van der Waals surface area contributed by atoms with E-state index in [9.17, 15) is 22.8 Å². The van der Waals surface area contributed by atoms with Crippen LogP contribution in [0.3, 0.4) is 0 Å². The zero-order chi connectivity index (χ0) is 21.3. The van der Waals surface area contributed by atoms with Crippen LogP contribution in [0.15, 0.2) is 48.8 Å². The lowest BCUT2D eigenvalue weighted by Gasteiger charge is -2.24. The number of carbonyl (C=O) groups is 2. The van der Waals surface area contributed by atoms with E-state index in [-0.39, 0.29) is 17.4 Å². The van der Waals surface area contributed by atoms with E-state index in [2.05, 4.69) is 10.3 Å². The summed E-state index contributed by atoms with van der Waals surface area (Å²) in [6, 6.07) is 9.11. The summed E-state index contributed by atoms with van der Waals surface area (Å²) in [6.07, 6.45) is -0.363. The van der Waals surface area contributed by atoms with Crippen LogP contribution in [0.4, 0.5) is 18.3 Å². The van der Waals surface area contributed by atoms with Crippen LogP contribution in [0, 0.1) is 0 Å². The van der Waals surface area contributed by atoms with Gasteiger partial charge in [0.2, 0.25) is 5.91 Å². The molecule has 1 atom stereocenters. The summed E-state index contributed by atoms with van der Waals surface area (Å²) in [5.74, 6) is -0.122. The van der Waals surface area contributed by atoms with E-state index in [4.69, 9.17) is 4.74 Å². The Morgan fingerprint density at radius 2 is 2.03 bits per heavy atom. The van der Waals surface area contributed by atoms with E-state index in [1.807, 2.05) is 0 Å². The topological polar surface area (TPSA) is 73.2 Å². The molecular formula is C20H16F3N3O3S. The lowest BCUT2D eigenvalue weighted by molar-refractivity contribution is -0.153. The molecule has 0 bridgehead atoms. The third-order valence-electron chi connectivity index (χ3n) is 4.63. The molecule has 3 aromatic rings. The molecule has 1 N–H and O–H groups in total. The summed E-state index contributed by atoms with van der Waals surface area (Å²) in [5.41, 5.74) is 1.26. The summed E-state index contributed by atoms with van der Waals surface area (Å²) in [7, 11) is 0. The number of hydrogen-bond acceptors (Lipinski definition) is 5. The van der Waals surface area contributed by atoms with Crippen molar-refractivity contribution in [2.24, 2.45) is 0 Å². The van der Waals surface area contributed by atoms with Gasteiger partial charge in [-0.25, -0.2) is 4.98 Å². The smallest absolute Gasteiger partial charge is 0.422 e.